The number of carboxylic acid groups (broad SMARTS) is 1. The van der Waals surface area contributed by atoms with Gasteiger partial charge in [-0.2, -0.15) is 11.8 Å². The van der Waals surface area contributed by atoms with E-state index >= 15 is 0 Å². The fourth-order valence-corrected chi connectivity index (χ4v) is 3.71. The Morgan fingerprint density at radius 2 is 1.93 bits per heavy atom. The molecule has 0 aromatic rings. The van der Waals surface area contributed by atoms with Gasteiger partial charge < -0.3 is 5.11 Å². The van der Waals surface area contributed by atoms with Crippen molar-refractivity contribution in [2.24, 2.45) is 5.41 Å². The molecule has 0 atom stereocenters. The van der Waals surface area contributed by atoms with Gasteiger partial charge in [-0.25, -0.2) is 0 Å². The lowest BCUT2D eigenvalue weighted by molar-refractivity contribution is -0.142. The van der Waals surface area contributed by atoms with E-state index in [0.717, 1.165) is 23.8 Å². The van der Waals surface area contributed by atoms with E-state index in [1.807, 2.05) is 11.8 Å². The van der Waals surface area contributed by atoms with Crippen LogP contribution in [0.3, 0.4) is 0 Å². The summed E-state index contributed by atoms with van der Waals surface area (Å²) < 4.78 is 0. The minimum atomic E-state index is -0.569. The van der Waals surface area contributed by atoms with Crippen molar-refractivity contribution in [3.8, 4) is 0 Å². The lowest BCUT2D eigenvalue weighted by Gasteiger charge is -2.22. The molecule has 3 heteroatoms. The van der Waals surface area contributed by atoms with Crippen LogP contribution in [0.15, 0.2) is 0 Å². The first-order valence-electron chi connectivity index (χ1n) is 5.58. The molecule has 2 aliphatic rings. The highest BCUT2D eigenvalue weighted by molar-refractivity contribution is 7.99. The molecule has 0 radical (unpaired) electrons. The van der Waals surface area contributed by atoms with E-state index in [2.05, 4.69) is 0 Å². The van der Waals surface area contributed by atoms with Crippen LogP contribution in [-0.2, 0) is 4.79 Å². The molecule has 2 fully saturated rings. The van der Waals surface area contributed by atoms with Crippen LogP contribution in [0.4, 0.5) is 0 Å². The molecule has 2 nitrogen and oxygen atoms in total. The van der Waals surface area contributed by atoms with Crippen molar-refractivity contribution in [3.63, 3.8) is 0 Å². The van der Waals surface area contributed by atoms with Crippen LogP contribution in [0.25, 0.3) is 0 Å². The molecular weight excluding hydrogens is 196 g/mol. The van der Waals surface area contributed by atoms with Crippen molar-refractivity contribution in [2.75, 3.05) is 5.75 Å². The molecule has 0 heterocycles. The van der Waals surface area contributed by atoms with E-state index in [1.54, 1.807) is 0 Å². The summed E-state index contributed by atoms with van der Waals surface area (Å²) in [6.45, 7) is 0. The Morgan fingerprint density at radius 3 is 2.43 bits per heavy atom. The van der Waals surface area contributed by atoms with E-state index in [1.165, 1.54) is 32.1 Å². The number of rotatable bonds is 4. The predicted octanol–water partition coefficient (Wildman–Crippen LogP) is 2.92. The Balaban J connectivity index is 1.73. The highest BCUT2D eigenvalue weighted by atomic mass is 32.2. The first-order valence-corrected chi connectivity index (χ1v) is 6.63. The van der Waals surface area contributed by atoms with Crippen molar-refractivity contribution >= 4 is 17.7 Å². The molecule has 0 bridgehead atoms. The summed E-state index contributed by atoms with van der Waals surface area (Å²) >= 11 is 1.91. The molecule has 1 N–H and O–H groups in total. The zero-order valence-corrected chi connectivity index (χ0v) is 9.31. The van der Waals surface area contributed by atoms with Gasteiger partial charge >= 0.3 is 5.97 Å². The van der Waals surface area contributed by atoms with Crippen LogP contribution < -0.4 is 0 Å². The highest BCUT2D eigenvalue weighted by Gasteiger charge is 2.50. The summed E-state index contributed by atoms with van der Waals surface area (Å²) in [4.78, 5) is 10.9. The van der Waals surface area contributed by atoms with Gasteiger partial charge in [-0.3, -0.25) is 4.79 Å². The molecule has 0 aromatic heterocycles. The van der Waals surface area contributed by atoms with Crippen LogP contribution in [0.2, 0.25) is 0 Å². The molecule has 80 valence electrons. The highest BCUT2D eigenvalue weighted by Crippen LogP contribution is 2.49. The SMILES string of the molecule is O=C(O)C1(CSC2CCCCC2)CC1. The Kier molecular flexibility index (Phi) is 3.05. The zero-order valence-electron chi connectivity index (χ0n) is 8.50. The van der Waals surface area contributed by atoms with Gasteiger partial charge in [0.15, 0.2) is 0 Å². The van der Waals surface area contributed by atoms with Gasteiger partial charge in [0.05, 0.1) is 5.41 Å². The monoisotopic (exact) mass is 214 g/mol. The molecule has 2 aliphatic carbocycles. The summed E-state index contributed by atoms with van der Waals surface area (Å²) in [5.74, 6) is 0.285. The van der Waals surface area contributed by atoms with Crippen LogP contribution in [0.5, 0.6) is 0 Å². The number of carboxylic acids is 1. The smallest absolute Gasteiger partial charge is 0.310 e. The third-order valence-corrected chi connectivity index (χ3v) is 5.12. The number of hydrogen-bond acceptors (Lipinski definition) is 2. The van der Waals surface area contributed by atoms with Crippen LogP contribution in [-0.4, -0.2) is 22.1 Å². The van der Waals surface area contributed by atoms with Crippen LogP contribution in [0, 0.1) is 5.41 Å². The molecule has 0 spiro atoms. The fourth-order valence-electron chi connectivity index (χ4n) is 2.08. The maximum absolute atomic E-state index is 10.9. The molecule has 14 heavy (non-hydrogen) atoms. The normalized spacial score (nSPS) is 26.0. The molecule has 0 aromatic carbocycles. The molecule has 0 saturated heterocycles. The lowest BCUT2D eigenvalue weighted by atomic mass is 10.0. The maximum atomic E-state index is 10.9. The Bertz CT molecular complexity index is 217. The summed E-state index contributed by atoms with van der Waals surface area (Å²) in [7, 11) is 0. The van der Waals surface area contributed by atoms with Crippen molar-refractivity contribution in [3.05, 3.63) is 0 Å². The fraction of sp³-hybridized carbons (Fsp3) is 0.909. The van der Waals surface area contributed by atoms with E-state index in [-0.39, 0.29) is 5.41 Å². The summed E-state index contributed by atoms with van der Waals surface area (Å²) in [5.41, 5.74) is -0.317. The van der Waals surface area contributed by atoms with Gasteiger partial charge in [0.25, 0.3) is 0 Å². The van der Waals surface area contributed by atoms with E-state index < -0.39 is 5.97 Å². The Hall–Kier alpha value is -0.180. The average Bonchev–Trinajstić information content (AvgIpc) is 2.97. The second-order valence-corrected chi connectivity index (χ2v) is 5.95. The van der Waals surface area contributed by atoms with Crippen molar-refractivity contribution in [2.45, 2.75) is 50.2 Å². The molecule has 0 aliphatic heterocycles. The topological polar surface area (TPSA) is 37.3 Å². The van der Waals surface area contributed by atoms with Crippen LogP contribution in [0.1, 0.15) is 44.9 Å². The molecule has 2 rings (SSSR count). The minimum absolute atomic E-state index is 0.317. The second-order valence-electron chi connectivity index (χ2n) is 4.66. The molecule has 0 unspecified atom stereocenters. The second kappa shape index (κ2) is 4.13. The maximum Gasteiger partial charge on any atom is 0.310 e. The van der Waals surface area contributed by atoms with Gasteiger partial charge in [-0.1, -0.05) is 19.3 Å². The van der Waals surface area contributed by atoms with Gasteiger partial charge in [0, 0.05) is 11.0 Å². The van der Waals surface area contributed by atoms with E-state index in [9.17, 15) is 4.79 Å². The molecule has 2 saturated carbocycles. The third-order valence-electron chi connectivity index (χ3n) is 3.45. The van der Waals surface area contributed by atoms with Gasteiger partial charge in [0.2, 0.25) is 0 Å². The van der Waals surface area contributed by atoms with Crippen molar-refractivity contribution in [1.29, 1.82) is 0 Å². The van der Waals surface area contributed by atoms with E-state index in [0.29, 0.717) is 0 Å². The van der Waals surface area contributed by atoms with E-state index in [4.69, 9.17) is 5.11 Å². The largest absolute Gasteiger partial charge is 0.481 e. The lowest BCUT2D eigenvalue weighted by Crippen LogP contribution is -2.20. The van der Waals surface area contributed by atoms with Gasteiger partial charge in [0.1, 0.15) is 0 Å². The minimum Gasteiger partial charge on any atom is -0.481 e. The Morgan fingerprint density at radius 1 is 1.29 bits per heavy atom. The third kappa shape index (κ3) is 2.25. The first-order chi connectivity index (χ1) is 6.73. The van der Waals surface area contributed by atoms with Gasteiger partial charge in [-0.15, -0.1) is 0 Å². The molecular formula is C11H18O2S. The zero-order chi connectivity index (χ0) is 10.0. The summed E-state index contributed by atoms with van der Waals surface area (Å²) in [5, 5.41) is 9.77. The quantitative estimate of drug-likeness (QED) is 0.782. The standard InChI is InChI=1S/C11H18O2S/c12-10(13)11(6-7-11)8-14-9-4-2-1-3-5-9/h9H,1-8H2,(H,12,13). The number of thioether (sulfide) groups is 1. The number of hydrogen-bond donors (Lipinski definition) is 1. The predicted molar refractivity (Wildman–Crippen MR) is 58.6 cm³/mol. The number of carbonyl (C=O) groups is 1. The summed E-state index contributed by atoms with van der Waals surface area (Å²) in [6, 6.07) is 0. The molecule has 0 amide bonds. The van der Waals surface area contributed by atoms with Crippen molar-refractivity contribution in [1.82, 2.24) is 0 Å². The first kappa shape index (κ1) is 10.3. The Labute approximate surface area is 89.5 Å². The van der Waals surface area contributed by atoms with Crippen molar-refractivity contribution < 1.29 is 9.90 Å². The van der Waals surface area contributed by atoms with Gasteiger partial charge in [-0.05, 0) is 25.7 Å². The average molecular weight is 214 g/mol. The number of aliphatic carboxylic acids is 1. The summed E-state index contributed by atoms with van der Waals surface area (Å²) in [6.07, 6.45) is 8.49. The van der Waals surface area contributed by atoms with Crippen LogP contribution >= 0.6 is 11.8 Å².